The average molecular weight is 376 g/mol. The van der Waals surface area contributed by atoms with Crippen molar-refractivity contribution in [2.24, 2.45) is 0 Å². The summed E-state index contributed by atoms with van der Waals surface area (Å²) < 4.78 is 5.20. The number of carbonyl (C=O) groups is 3. The Morgan fingerprint density at radius 3 is 2.85 bits per heavy atom. The first-order valence-electron chi connectivity index (χ1n) is 9.03. The van der Waals surface area contributed by atoms with Crippen LogP contribution in [0.1, 0.15) is 38.2 Å². The van der Waals surface area contributed by atoms with Crippen molar-refractivity contribution in [1.82, 2.24) is 10.2 Å². The fraction of sp³-hybridized carbons (Fsp3) is 0.526. The molecule has 0 spiro atoms. The molecule has 2 atom stereocenters. The third-order valence-electron chi connectivity index (χ3n) is 4.82. The summed E-state index contributed by atoms with van der Waals surface area (Å²) in [5, 5.41) is 2.72. The van der Waals surface area contributed by atoms with Crippen LogP contribution in [0.2, 0.25) is 0 Å². The highest BCUT2D eigenvalue weighted by atomic mass is 32.2. The lowest BCUT2D eigenvalue weighted by Gasteiger charge is -2.33. The number of amides is 2. The predicted molar refractivity (Wildman–Crippen MR) is 99.3 cm³/mol. The summed E-state index contributed by atoms with van der Waals surface area (Å²) in [4.78, 5) is 37.9. The standard InChI is InChI=1S/C19H24N2O4S/c1-2-3-11-20-16(22)12-25-18(24)15-13-26-19(10-9-17(23)21(15)19)14-7-5-4-6-8-14/h4-8,15H,2-3,9-13H2,1H3,(H,20,22)/t15-,19+/m0/s1. The van der Waals surface area contributed by atoms with Crippen LogP contribution in [0.5, 0.6) is 0 Å². The molecule has 2 aliphatic rings. The molecule has 2 aliphatic heterocycles. The summed E-state index contributed by atoms with van der Waals surface area (Å²) in [6.07, 6.45) is 2.98. The van der Waals surface area contributed by atoms with Gasteiger partial charge < -0.3 is 15.0 Å². The van der Waals surface area contributed by atoms with Gasteiger partial charge in [0.05, 0.1) is 0 Å². The minimum atomic E-state index is -0.640. The van der Waals surface area contributed by atoms with Crippen molar-refractivity contribution in [2.45, 2.75) is 43.5 Å². The molecule has 0 unspecified atom stereocenters. The molecule has 1 aromatic carbocycles. The number of benzene rings is 1. The second-order valence-corrected chi connectivity index (χ2v) is 7.85. The lowest BCUT2D eigenvalue weighted by Crippen LogP contribution is -2.47. The van der Waals surface area contributed by atoms with Gasteiger partial charge in [0.15, 0.2) is 6.61 Å². The van der Waals surface area contributed by atoms with E-state index in [0.29, 0.717) is 25.1 Å². The van der Waals surface area contributed by atoms with E-state index in [4.69, 9.17) is 4.74 Å². The van der Waals surface area contributed by atoms with Gasteiger partial charge in [-0.15, -0.1) is 11.8 Å². The van der Waals surface area contributed by atoms with Crippen LogP contribution in [0.15, 0.2) is 30.3 Å². The molecule has 0 aromatic heterocycles. The Morgan fingerprint density at radius 2 is 2.12 bits per heavy atom. The van der Waals surface area contributed by atoms with E-state index in [1.165, 1.54) is 0 Å². The molecule has 2 heterocycles. The van der Waals surface area contributed by atoms with Gasteiger partial charge in [-0.05, 0) is 18.4 Å². The highest BCUT2D eigenvalue weighted by Gasteiger charge is 2.57. The monoisotopic (exact) mass is 376 g/mol. The number of thioether (sulfide) groups is 1. The maximum atomic E-state index is 12.5. The second-order valence-electron chi connectivity index (χ2n) is 6.55. The normalized spacial score (nSPS) is 24.4. The van der Waals surface area contributed by atoms with E-state index in [-0.39, 0.29) is 18.4 Å². The van der Waals surface area contributed by atoms with E-state index in [0.717, 1.165) is 18.4 Å². The van der Waals surface area contributed by atoms with E-state index >= 15 is 0 Å². The SMILES string of the molecule is CCCCNC(=O)COC(=O)[C@@H]1CS[C@@]2(c3ccccc3)CCC(=O)N12. The van der Waals surface area contributed by atoms with E-state index in [1.54, 1.807) is 16.7 Å². The van der Waals surface area contributed by atoms with E-state index in [2.05, 4.69) is 5.32 Å². The Morgan fingerprint density at radius 1 is 1.35 bits per heavy atom. The smallest absolute Gasteiger partial charge is 0.330 e. The lowest BCUT2D eigenvalue weighted by atomic mass is 10.0. The van der Waals surface area contributed by atoms with Gasteiger partial charge in [0.25, 0.3) is 5.91 Å². The molecule has 3 rings (SSSR count). The predicted octanol–water partition coefficient (Wildman–Crippen LogP) is 2.04. The molecule has 7 heteroatoms. The fourth-order valence-electron chi connectivity index (χ4n) is 3.50. The Labute approximate surface area is 157 Å². The number of nitrogens with one attached hydrogen (secondary N) is 1. The van der Waals surface area contributed by atoms with Crippen LogP contribution in [0.25, 0.3) is 0 Å². The number of rotatable bonds is 7. The Hall–Kier alpha value is -2.02. The molecule has 1 aromatic rings. The molecule has 6 nitrogen and oxygen atoms in total. The largest absolute Gasteiger partial charge is 0.454 e. The Balaban J connectivity index is 1.65. The molecular weight excluding hydrogens is 352 g/mol. The van der Waals surface area contributed by atoms with Gasteiger partial charge >= 0.3 is 5.97 Å². The fourth-order valence-corrected chi connectivity index (χ4v) is 5.14. The number of hydrogen-bond donors (Lipinski definition) is 1. The Kier molecular flexibility index (Phi) is 5.86. The van der Waals surface area contributed by atoms with Crippen molar-refractivity contribution in [1.29, 1.82) is 0 Å². The maximum absolute atomic E-state index is 12.5. The number of nitrogens with zero attached hydrogens (tertiary/aromatic N) is 1. The molecule has 0 aliphatic carbocycles. The number of carbonyl (C=O) groups excluding carboxylic acids is 3. The minimum absolute atomic E-state index is 0.0341. The van der Waals surface area contributed by atoms with Crippen molar-refractivity contribution in [3.8, 4) is 0 Å². The van der Waals surface area contributed by atoms with Crippen LogP contribution in [-0.2, 0) is 24.0 Å². The van der Waals surface area contributed by atoms with Crippen LogP contribution in [-0.4, -0.2) is 47.6 Å². The van der Waals surface area contributed by atoms with Crippen molar-refractivity contribution in [3.63, 3.8) is 0 Å². The molecule has 2 fully saturated rings. The zero-order valence-corrected chi connectivity index (χ0v) is 15.7. The van der Waals surface area contributed by atoms with Crippen LogP contribution < -0.4 is 5.32 Å². The summed E-state index contributed by atoms with van der Waals surface area (Å²) in [6, 6.07) is 9.17. The summed E-state index contributed by atoms with van der Waals surface area (Å²) in [7, 11) is 0. The van der Waals surface area contributed by atoms with Crippen LogP contribution in [0, 0.1) is 0 Å². The Bertz CT molecular complexity index is 681. The molecule has 2 amide bonds. The first-order chi connectivity index (χ1) is 12.6. The van der Waals surface area contributed by atoms with Crippen molar-refractivity contribution in [2.75, 3.05) is 18.9 Å². The molecule has 0 saturated carbocycles. The highest BCUT2D eigenvalue weighted by molar-refractivity contribution is 8.00. The molecule has 2 saturated heterocycles. The summed E-state index contributed by atoms with van der Waals surface area (Å²) in [6.45, 7) is 2.31. The summed E-state index contributed by atoms with van der Waals surface area (Å²) in [5.41, 5.74) is 1.03. The van der Waals surface area contributed by atoms with Gasteiger partial charge in [0.2, 0.25) is 5.91 Å². The van der Waals surface area contributed by atoms with Crippen LogP contribution >= 0.6 is 11.8 Å². The molecule has 0 bridgehead atoms. The number of unbranched alkanes of at least 4 members (excludes halogenated alkanes) is 1. The van der Waals surface area contributed by atoms with E-state index < -0.39 is 16.9 Å². The second kappa shape index (κ2) is 8.12. The maximum Gasteiger partial charge on any atom is 0.330 e. The highest BCUT2D eigenvalue weighted by Crippen LogP contribution is 2.54. The van der Waals surface area contributed by atoms with Gasteiger partial charge in [0.1, 0.15) is 10.9 Å². The third kappa shape index (κ3) is 3.58. The third-order valence-corrected chi connectivity index (χ3v) is 6.42. The molecular formula is C19H24N2O4S. The first-order valence-corrected chi connectivity index (χ1v) is 10.0. The summed E-state index contributed by atoms with van der Waals surface area (Å²) >= 11 is 1.61. The van der Waals surface area contributed by atoms with Crippen molar-refractivity contribution < 1.29 is 19.1 Å². The number of hydrogen-bond acceptors (Lipinski definition) is 5. The average Bonchev–Trinajstić information content (AvgIpc) is 3.20. The molecule has 26 heavy (non-hydrogen) atoms. The first kappa shape index (κ1) is 18.8. The molecule has 0 radical (unpaired) electrons. The minimum Gasteiger partial charge on any atom is -0.454 e. The summed E-state index contributed by atoms with van der Waals surface area (Å²) in [5.74, 6) is -0.361. The number of fused-ring (bicyclic) bond motifs is 1. The van der Waals surface area contributed by atoms with Gasteiger partial charge in [0, 0.05) is 18.7 Å². The van der Waals surface area contributed by atoms with E-state index in [1.807, 2.05) is 37.3 Å². The van der Waals surface area contributed by atoms with Gasteiger partial charge in [-0.1, -0.05) is 43.7 Å². The van der Waals surface area contributed by atoms with Gasteiger partial charge in [-0.25, -0.2) is 4.79 Å². The van der Waals surface area contributed by atoms with Crippen molar-refractivity contribution in [3.05, 3.63) is 35.9 Å². The zero-order chi connectivity index (χ0) is 18.6. The zero-order valence-electron chi connectivity index (χ0n) is 14.9. The topological polar surface area (TPSA) is 75.7 Å². The van der Waals surface area contributed by atoms with E-state index in [9.17, 15) is 14.4 Å². The number of ether oxygens (including phenoxy) is 1. The number of esters is 1. The van der Waals surface area contributed by atoms with Gasteiger partial charge in [-0.2, -0.15) is 0 Å². The van der Waals surface area contributed by atoms with Crippen LogP contribution in [0.3, 0.4) is 0 Å². The lowest BCUT2D eigenvalue weighted by molar-refractivity contribution is -0.156. The molecule has 140 valence electrons. The molecule has 1 N–H and O–H groups in total. The van der Waals surface area contributed by atoms with Gasteiger partial charge in [-0.3, -0.25) is 9.59 Å². The quantitative estimate of drug-likeness (QED) is 0.582. The van der Waals surface area contributed by atoms with Crippen molar-refractivity contribution >= 4 is 29.5 Å². The van der Waals surface area contributed by atoms with Crippen LogP contribution in [0.4, 0.5) is 0 Å².